The van der Waals surface area contributed by atoms with Gasteiger partial charge in [-0.25, -0.2) is 4.31 Å². The number of hydrogen-bond acceptors (Lipinski definition) is 8. The maximum absolute atomic E-state index is 11.0. The molecule has 1 aromatic heterocycles. The van der Waals surface area contributed by atoms with Gasteiger partial charge >= 0.3 is 0 Å². The maximum atomic E-state index is 11.0. The molecular weight excluding hydrogens is 476 g/mol. The molecule has 1 N–H and O–H groups in total. The molecule has 194 valence electrons. The van der Waals surface area contributed by atoms with Gasteiger partial charge in [0.25, 0.3) is 0 Å². The lowest BCUT2D eigenvalue weighted by Crippen LogP contribution is -2.30. The zero-order chi connectivity index (χ0) is 25.8. The van der Waals surface area contributed by atoms with Crippen molar-refractivity contribution in [3.8, 4) is 5.75 Å². The fraction of sp³-hybridized carbons (Fsp3) is 0.407. The molecular formula is C27H36N4O4S. The van der Waals surface area contributed by atoms with Gasteiger partial charge in [-0.3, -0.25) is 9.48 Å². The lowest BCUT2D eigenvalue weighted by atomic mass is 10.2. The zero-order valence-electron chi connectivity index (χ0n) is 21.5. The summed E-state index contributed by atoms with van der Waals surface area (Å²) in [5.74, 6) is 0.810. The number of aldehydes is 1. The predicted octanol–water partition coefficient (Wildman–Crippen LogP) is 4.32. The average molecular weight is 513 g/mol. The SMILES string of the molecule is CNc1ccc(C)c(SN2CCOCC2)c1.COCCc1nn(Cc2cccc(OC)c2)cc1C=O. The van der Waals surface area contributed by atoms with Crippen LogP contribution in [0.5, 0.6) is 5.75 Å². The van der Waals surface area contributed by atoms with E-state index in [1.807, 2.05) is 43.3 Å². The Morgan fingerprint density at radius 3 is 2.67 bits per heavy atom. The maximum Gasteiger partial charge on any atom is 0.153 e. The van der Waals surface area contributed by atoms with E-state index >= 15 is 0 Å². The van der Waals surface area contributed by atoms with Gasteiger partial charge in [0.1, 0.15) is 5.75 Å². The molecule has 0 atom stereocenters. The molecule has 2 aromatic carbocycles. The van der Waals surface area contributed by atoms with Gasteiger partial charge in [-0.15, -0.1) is 0 Å². The monoisotopic (exact) mass is 512 g/mol. The summed E-state index contributed by atoms with van der Waals surface area (Å²) in [6.45, 7) is 7.02. The topological polar surface area (TPSA) is 77.8 Å². The number of morpholine rings is 1. The molecule has 4 rings (SSSR count). The Labute approximate surface area is 218 Å². The molecule has 1 saturated heterocycles. The number of hydrogen-bond donors (Lipinski definition) is 1. The van der Waals surface area contributed by atoms with Gasteiger partial charge in [-0.05, 0) is 54.3 Å². The first-order valence-corrected chi connectivity index (χ1v) is 12.8. The third kappa shape index (κ3) is 8.37. The van der Waals surface area contributed by atoms with E-state index in [0.29, 0.717) is 25.1 Å². The number of nitrogens with zero attached hydrogens (tertiary/aromatic N) is 3. The molecule has 3 aromatic rings. The van der Waals surface area contributed by atoms with Crippen molar-refractivity contribution >= 4 is 23.9 Å². The summed E-state index contributed by atoms with van der Waals surface area (Å²) in [7, 11) is 5.22. The van der Waals surface area contributed by atoms with Crippen molar-refractivity contribution in [3.63, 3.8) is 0 Å². The normalized spacial score (nSPS) is 13.6. The van der Waals surface area contributed by atoms with Gasteiger partial charge < -0.3 is 19.5 Å². The Kier molecular flexibility index (Phi) is 11.3. The number of rotatable bonds is 10. The van der Waals surface area contributed by atoms with Gasteiger partial charge in [-0.2, -0.15) is 5.10 Å². The van der Waals surface area contributed by atoms with Crippen LogP contribution in [0.3, 0.4) is 0 Å². The van der Waals surface area contributed by atoms with Crippen LogP contribution >= 0.6 is 11.9 Å². The Bertz CT molecular complexity index is 1100. The first kappa shape index (κ1) is 27.7. The Balaban J connectivity index is 0.000000205. The number of carbonyl (C=O) groups is 1. The van der Waals surface area contributed by atoms with Crippen LogP contribution in [0, 0.1) is 6.92 Å². The standard InChI is InChI=1S/C15H18N2O3.C12H18N2OS/c1-19-7-6-15-13(11-18)10-17(16-15)9-12-4-3-5-14(8-12)20-2;1-10-3-4-11(13-2)9-12(10)16-14-5-7-15-8-6-14/h3-5,8,10-11H,6-7,9H2,1-2H3;3-4,9,13H,5-8H2,1-2H3. The number of ether oxygens (including phenoxy) is 3. The quantitative estimate of drug-likeness (QED) is 0.318. The van der Waals surface area contributed by atoms with Crippen LogP contribution < -0.4 is 10.1 Å². The van der Waals surface area contributed by atoms with E-state index in [-0.39, 0.29) is 0 Å². The van der Waals surface area contributed by atoms with Crippen molar-refractivity contribution < 1.29 is 19.0 Å². The molecule has 1 fully saturated rings. The van der Waals surface area contributed by atoms with Crippen LogP contribution in [0.25, 0.3) is 0 Å². The molecule has 1 aliphatic rings. The molecule has 0 radical (unpaired) electrons. The van der Waals surface area contributed by atoms with Crippen LogP contribution in [0.1, 0.15) is 27.2 Å². The van der Waals surface area contributed by atoms with Gasteiger partial charge in [0, 0.05) is 50.4 Å². The van der Waals surface area contributed by atoms with Crippen molar-refractivity contribution in [1.82, 2.24) is 14.1 Å². The second-order valence-corrected chi connectivity index (χ2v) is 9.44. The predicted molar refractivity (Wildman–Crippen MR) is 144 cm³/mol. The minimum absolute atomic E-state index is 0.553. The molecule has 1 aliphatic heterocycles. The average Bonchev–Trinajstić information content (AvgIpc) is 3.31. The van der Waals surface area contributed by atoms with Crippen molar-refractivity contribution in [2.45, 2.75) is 24.8 Å². The minimum atomic E-state index is 0.553. The number of anilines is 1. The highest BCUT2D eigenvalue weighted by molar-refractivity contribution is 7.97. The minimum Gasteiger partial charge on any atom is -0.497 e. The third-order valence-corrected chi connectivity index (χ3v) is 6.95. The largest absolute Gasteiger partial charge is 0.497 e. The smallest absolute Gasteiger partial charge is 0.153 e. The van der Waals surface area contributed by atoms with Crippen LogP contribution in [0.2, 0.25) is 0 Å². The first-order valence-electron chi connectivity index (χ1n) is 12.0. The summed E-state index contributed by atoms with van der Waals surface area (Å²) < 4.78 is 19.7. The van der Waals surface area contributed by atoms with Crippen LogP contribution in [0.4, 0.5) is 5.69 Å². The van der Waals surface area contributed by atoms with Gasteiger partial charge in [0.15, 0.2) is 6.29 Å². The number of benzene rings is 2. The van der Waals surface area contributed by atoms with Crippen molar-refractivity contribution in [1.29, 1.82) is 0 Å². The third-order valence-electron chi connectivity index (χ3n) is 5.69. The second kappa shape index (κ2) is 14.6. The molecule has 0 spiro atoms. The van der Waals surface area contributed by atoms with Crippen molar-refractivity contribution in [3.05, 3.63) is 71.0 Å². The summed E-state index contributed by atoms with van der Waals surface area (Å²) in [4.78, 5) is 12.4. The summed E-state index contributed by atoms with van der Waals surface area (Å²) in [5.41, 5.74) is 4.95. The molecule has 2 heterocycles. The number of methoxy groups -OCH3 is 2. The van der Waals surface area contributed by atoms with Crippen molar-refractivity contribution in [2.24, 2.45) is 0 Å². The van der Waals surface area contributed by atoms with E-state index in [9.17, 15) is 4.79 Å². The molecule has 0 bridgehead atoms. The zero-order valence-corrected chi connectivity index (χ0v) is 22.3. The fourth-order valence-electron chi connectivity index (χ4n) is 3.64. The first-order chi connectivity index (χ1) is 17.6. The highest BCUT2D eigenvalue weighted by Gasteiger charge is 2.13. The van der Waals surface area contributed by atoms with E-state index in [1.54, 1.807) is 25.1 Å². The summed E-state index contributed by atoms with van der Waals surface area (Å²) in [6, 6.07) is 14.3. The number of aromatic nitrogens is 2. The molecule has 36 heavy (non-hydrogen) atoms. The van der Waals surface area contributed by atoms with Gasteiger partial charge in [0.2, 0.25) is 0 Å². The van der Waals surface area contributed by atoms with E-state index < -0.39 is 0 Å². The molecule has 0 saturated carbocycles. The Hall–Kier alpha value is -2.85. The lowest BCUT2D eigenvalue weighted by Gasteiger charge is -2.26. The van der Waals surface area contributed by atoms with Gasteiger partial charge in [0.05, 0.1) is 44.7 Å². The number of nitrogens with one attached hydrogen (secondary N) is 1. The summed E-state index contributed by atoms with van der Waals surface area (Å²) in [5, 5.41) is 7.61. The summed E-state index contributed by atoms with van der Waals surface area (Å²) in [6.07, 6.45) is 3.23. The highest BCUT2D eigenvalue weighted by atomic mass is 32.2. The lowest BCUT2D eigenvalue weighted by molar-refractivity contribution is 0.0773. The fourth-order valence-corrected chi connectivity index (χ4v) is 4.64. The van der Waals surface area contributed by atoms with Gasteiger partial charge in [-0.1, -0.05) is 18.2 Å². The molecule has 9 heteroatoms. The Morgan fingerprint density at radius 2 is 1.97 bits per heavy atom. The van der Waals surface area contributed by atoms with E-state index in [4.69, 9.17) is 14.2 Å². The second-order valence-electron chi connectivity index (χ2n) is 8.30. The molecule has 0 amide bonds. The molecule has 0 unspecified atom stereocenters. The number of carbonyl (C=O) groups excluding carboxylic acids is 1. The van der Waals surface area contributed by atoms with Crippen molar-refractivity contribution in [2.75, 3.05) is 59.5 Å². The van der Waals surface area contributed by atoms with E-state index in [1.165, 1.54) is 16.1 Å². The van der Waals surface area contributed by atoms with E-state index in [0.717, 1.165) is 49.6 Å². The van der Waals surface area contributed by atoms with E-state index in [2.05, 4.69) is 39.8 Å². The van der Waals surface area contributed by atoms with Crippen LogP contribution in [-0.4, -0.2) is 74.5 Å². The van der Waals surface area contributed by atoms with Crippen LogP contribution in [0.15, 0.2) is 53.6 Å². The number of aryl methyl sites for hydroxylation is 1. The van der Waals surface area contributed by atoms with Crippen LogP contribution in [-0.2, 0) is 22.4 Å². The molecule has 0 aliphatic carbocycles. The molecule has 8 nitrogen and oxygen atoms in total. The highest BCUT2D eigenvalue weighted by Crippen LogP contribution is 2.29. The summed E-state index contributed by atoms with van der Waals surface area (Å²) >= 11 is 1.83. The Morgan fingerprint density at radius 1 is 1.17 bits per heavy atom.